The van der Waals surface area contributed by atoms with Crippen LogP contribution in [0.15, 0.2) is 41.2 Å². The number of aromatic nitrogens is 2. The van der Waals surface area contributed by atoms with E-state index in [0.29, 0.717) is 60.7 Å². The summed E-state index contributed by atoms with van der Waals surface area (Å²) in [5.41, 5.74) is 0.641. The van der Waals surface area contributed by atoms with Gasteiger partial charge in [0.05, 0.1) is 46.9 Å². The summed E-state index contributed by atoms with van der Waals surface area (Å²) < 4.78 is 26.6. The smallest absolute Gasteiger partial charge is 0.410 e. The van der Waals surface area contributed by atoms with E-state index >= 15 is 4.39 Å². The molecular weight excluding hydrogens is 756 g/mol. The molecular formula is C45H55FN6O7. The number of benzene rings is 2. The van der Waals surface area contributed by atoms with Gasteiger partial charge in [0.15, 0.2) is 0 Å². The molecule has 3 saturated carbocycles. The molecule has 1 N–H and O–H groups in total. The molecule has 3 aliphatic carbocycles. The topological polar surface area (TPSA) is 145 Å². The summed E-state index contributed by atoms with van der Waals surface area (Å²) in [5.74, 6) is 0.734. The van der Waals surface area contributed by atoms with Crippen LogP contribution in [0.5, 0.6) is 5.75 Å². The van der Waals surface area contributed by atoms with Gasteiger partial charge in [0.2, 0.25) is 11.8 Å². The lowest BCUT2D eigenvalue weighted by molar-refractivity contribution is -0.136. The van der Waals surface area contributed by atoms with Crippen molar-refractivity contribution >= 4 is 34.6 Å². The van der Waals surface area contributed by atoms with Gasteiger partial charge >= 0.3 is 6.09 Å². The van der Waals surface area contributed by atoms with E-state index in [9.17, 15) is 24.0 Å². The second-order valence-corrected chi connectivity index (χ2v) is 18.8. The van der Waals surface area contributed by atoms with Crippen LogP contribution in [0.3, 0.4) is 0 Å². The van der Waals surface area contributed by atoms with Gasteiger partial charge in [-0.25, -0.2) is 14.3 Å². The van der Waals surface area contributed by atoms with Crippen molar-refractivity contribution in [3.05, 3.63) is 69.4 Å². The van der Waals surface area contributed by atoms with Crippen LogP contribution in [0.4, 0.5) is 9.18 Å². The average Bonchev–Trinajstić information content (AvgIpc) is 4.13. The summed E-state index contributed by atoms with van der Waals surface area (Å²) in [4.78, 5) is 70.8. The largest absolute Gasteiger partial charge is 0.490 e. The van der Waals surface area contributed by atoms with Crippen molar-refractivity contribution in [3.63, 3.8) is 0 Å². The molecule has 314 valence electrons. The second-order valence-electron chi connectivity index (χ2n) is 18.8. The van der Waals surface area contributed by atoms with Crippen LogP contribution in [0, 0.1) is 17.7 Å². The predicted molar refractivity (Wildman–Crippen MR) is 216 cm³/mol. The Morgan fingerprint density at radius 2 is 1.32 bits per heavy atom. The quantitative estimate of drug-likeness (QED) is 0.315. The summed E-state index contributed by atoms with van der Waals surface area (Å²) in [6.45, 7) is 8.09. The zero-order chi connectivity index (χ0) is 41.2. The first-order chi connectivity index (χ1) is 28.3. The molecule has 14 heteroatoms. The van der Waals surface area contributed by atoms with E-state index in [2.05, 4.69) is 10.2 Å². The Bertz CT molecular complexity index is 2180. The molecule has 5 heterocycles. The Morgan fingerprint density at radius 1 is 0.746 bits per heavy atom. The molecule has 7 fully saturated rings. The molecule has 7 aliphatic rings. The van der Waals surface area contributed by atoms with Crippen molar-refractivity contribution in [1.82, 2.24) is 29.8 Å². The zero-order valence-electron chi connectivity index (χ0n) is 34.3. The van der Waals surface area contributed by atoms with Gasteiger partial charge in [-0.15, -0.1) is 0 Å². The monoisotopic (exact) mass is 810 g/mol. The van der Waals surface area contributed by atoms with E-state index in [1.54, 1.807) is 29.2 Å². The number of rotatable bonds is 7. The fourth-order valence-corrected chi connectivity index (χ4v) is 9.55. The Labute approximate surface area is 343 Å². The van der Waals surface area contributed by atoms with E-state index < -0.39 is 11.4 Å². The van der Waals surface area contributed by atoms with Crippen LogP contribution in [-0.4, -0.2) is 116 Å². The number of hydrogen-bond donors (Lipinski definition) is 1. The number of likely N-dealkylation sites (tertiary alicyclic amines) is 2. The van der Waals surface area contributed by atoms with E-state index in [-0.39, 0.29) is 71.1 Å². The number of nitrogens with zero attached hydrogens (tertiary/aromatic N) is 5. The molecule has 4 atom stereocenters. The Morgan fingerprint density at radius 3 is 1.85 bits per heavy atom. The normalized spacial score (nSPS) is 25.0. The number of fused-ring (bicyclic) bond motifs is 5. The van der Waals surface area contributed by atoms with Crippen LogP contribution in [-0.2, 0) is 20.7 Å². The summed E-state index contributed by atoms with van der Waals surface area (Å²) in [6.07, 6.45) is 11.1. The first-order valence-corrected chi connectivity index (χ1v) is 21.7. The molecule has 0 radical (unpaired) electrons. The van der Waals surface area contributed by atoms with Crippen molar-refractivity contribution in [3.8, 4) is 5.75 Å². The minimum absolute atomic E-state index is 0.0362. The highest BCUT2D eigenvalue weighted by Crippen LogP contribution is 2.38. The third-order valence-corrected chi connectivity index (χ3v) is 13.1. The van der Waals surface area contributed by atoms with Gasteiger partial charge in [0, 0.05) is 49.8 Å². The Hall–Kier alpha value is -5.01. The summed E-state index contributed by atoms with van der Waals surface area (Å²) >= 11 is 0. The third-order valence-electron chi connectivity index (χ3n) is 13.1. The molecule has 4 aliphatic heterocycles. The number of piperazine rings is 2. The minimum Gasteiger partial charge on any atom is -0.490 e. The van der Waals surface area contributed by atoms with Crippen LogP contribution in [0.25, 0.3) is 10.8 Å². The van der Waals surface area contributed by atoms with Crippen LogP contribution in [0.2, 0.25) is 0 Å². The van der Waals surface area contributed by atoms with Gasteiger partial charge in [-0.05, 0) is 127 Å². The highest BCUT2D eigenvalue weighted by atomic mass is 19.1. The maximum Gasteiger partial charge on any atom is 0.410 e. The number of H-pyrrole nitrogens is 1. The Balaban J connectivity index is 0.000000189. The molecule has 4 saturated heterocycles. The van der Waals surface area contributed by atoms with Crippen molar-refractivity contribution in [2.24, 2.45) is 11.8 Å². The van der Waals surface area contributed by atoms with Crippen LogP contribution in [0.1, 0.15) is 113 Å². The standard InChI is InChI=1S/C30H31FN4O4.C15H24N2O3/c31-26-11-4-17(13-27-24-14-22(39-21-2-1-3-21)9-10-23(24)28(36)33-32-27)12-25(26)30(38)35-19-7-8-20(35)16-34(15-19)29(37)18-5-6-18;1-15(2,3)20-14(19)17-11-6-7-12(17)9-16(8-11)13(18)10-4-5-10/h4,9-12,14,18-21H,1-3,5-8,13,15-16H2,(H,33,36);10-12H,4-9H2,1-3H3. The van der Waals surface area contributed by atoms with E-state index in [1.165, 1.54) is 6.07 Å². The molecule has 4 amide bonds. The average molecular weight is 811 g/mol. The lowest BCUT2D eigenvalue weighted by Gasteiger charge is -2.41. The molecule has 4 bridgehead atoms. The van der Waals surface area contributed by atoms with Gasteiger partial charge < -0.3 is 24.2 Å². The van der Waals surface area contributed by atoms with Gasteiger partial charge in [-0.1, -0.05) is 6.07 Å². The molecule has 1 aromatic heterocycles. The maximum absolute atomic E-state index is 15.0. The lowest BCUT2D eigenvalue weighted by Crippen LogP contribution is -2.58. The highest BCUT2D eigenvalue weighted by Gasteiger charge is 2.48. The molecule has 2 aromatic carbocycles. The van der Waals surface area contributed by atoms with E-state index in [0.717, 1.165) is 76.2 Å². The number of amides is 4. The van der Waals surface area contributed by atoms with Crippen LogP contribution < -0.4 is 10.3 Å². The molecule has 59 heavy (non-hydrogen) atoms. The third kappa shape index (κ3) is 8.28. The number of carbonyl (C=O) groups is 4. The number of ether oxygens (including phenoxy) is 2. The number of carbonyl (C=O) groups excluding carboxylic acids is 4. The maximum atomic E-state index is 15.0. The number of halogens is 1. The highest BCUT2D eigenvalue weighted by molar-refractivity contribution is 5.96. The van der Waals surface area contributed by atoms with Crippen molar-refractivity contribution in [1.29, 1.82) is 0 Å². The molecule has 3 aromatic rings. The van der Waals surface area contributed by atoms with E-state index in [4.69, 9.17) is 9.47 Å². The SMILES string of the molecule is CC(C)(C)OC(=O)N1C2CCC1CN(C(=O)C1CC1)C2.O=C(C1CC1)N1CC2CCC(C1)N2C(=O)c1cc(Cc2n[nH]c(=O)c3ccc(OC4CCC4)cc23)ccc1F. The van der Waals surface area contributed by atoms with Crippen molar-refractivity contribution < 1.29 is 33.0 Å². The summed E-state index contributed by atoms with van der Waals surface area (Å²) in [7, 11) is 0. The fourth-order valence-electron chi connectivity index (χ4n) is 9.55. The molecule has 0 spiro atoms. The first-order valence-electron chi connectivity index (χ1n) is 21.7. The molecule has 13 nitrogen and oxygen atoms in total. The number of nitrogens with one attached hydrogen (secondary N) is 1. The second kappa shape index (κ2) is 15.5. The Kier molecular flexibility index (Phi) is 10.4. The predicted octanol–water partition coefficient (Wildman–Crippen LogP) is 5.82. The van der Waals surface area contributed by atoms with Gasteiger partial charge in [0.1, 0.15) is 17.2 Å². The molecule has 10 rings (SSSR count). The summed E-state index contributed by atoms with van der Waals surface area (Å²) in [6, 6.07) is 10.1. The lowest BCUT2D eigenvalue weighted by atomic mass is 9.96. The number of hydrogen-bond acceptors (Lipinski definition) is 8. The van der Waals surface area contributed by atoms with Gasteiger partial charge in [-0.2, -0.15) is 5.10 Å². The van der Waals surface area contributed by atoms with E-state index in [1.807, 2.05) is 41.5 Å². The number of aromatic amines is 1. The zero-order valence-corrected chi connectivity index (χ0v) is 34.3. The van der Waals surface area contributed by atoms with Gasteiger partial charge in [-0.3, -0.25) is 24.1 Å². The van der Waals surface area contributed by atoms with Crippen molar-refractivity contribution in [2.75, 3.05) is 26.2 Å². The van der Waals surface area contributed by atoms with Crippen molar-refractivity contribution in [2.45, 2.75) is 134 Å². The van der Waals surface area contributed by atoms with Gasteiger partial charge in [0.25, 0.3) is 11.5 Å². The first kappa shape index (κ1) is 39.5. The minimum atomic E-state index is -0.560. The summed E-state index contributed by atoms with van der Waals surface area (Å²) in [5, 5.41) is 8.06. The fraction of sp³-hybridized carbons (Fsp3) is 0.600. The molecule has 4 unspecified atom stereocenters. The van der Waals surface area contributed by atoms with Crippen LogP contribution >= 0.6 is 0 Å².